The van der Waals surface area contributed by atoms with Crippen molar-refractivity contribution in [1.82, 2.24) is 4.90 Å². The lowest BCUT2D eigenvalue weighted by Crippen LogP contribution is -2.37. The summed E-state index contributed by atoms with van der Waals surface area (Å²) in [7, 11) is 0. The topological polar surface area (TPSA) is 82.1 Å². The van der Waals surface area contributed by atoms with E-state index in [9.17, 15) is 14.4 Å². The van der Waals surface area contributed by atoms with Gasteiger partial charge < -0.3 is 14.2 Å². The van der Waals surface area contributed by atoms with E-state index in [0.717, 1.165) is 5.56 Å². The lowest BCUT2D eigenvalue weighted by Gasteiger charge is -2.21. The lowest BCUT2D eigenvalue weighted by molar-refractivity contribution is -0.147. The van der Waals surface area contributed by atoms with Crippen LogP contribution in [0.25, 0.3) is 0 Å². The van der Waals surface area contributed by atoms with E-state index >= 15 is 0 Å². The van der Waals surface area contributed by atoms with Gasteiger partial charge in [0.05, 0.1) is 13.2 Å². The maximum atomic E-state index is 12.1. The molecule has 0 aliphatic heterocycles. The normalized spacial score (nSPS) is 9.83. The molecular formula is C16H21NO6. The number of ether oxygens (including phenoxy) is 3. The highest BCUT2D eigenvalue weighted by Gasteiger charge is 2.21. The second kappa shape index (κ2) is 10.2. The Morgan fingerprint density at radius 3 is 2.13 bits per heavy atom. The first-order valence-corrected chi connectivity index (χ1v) is 7.33. The van der Waals surface area contributed by atoms with E-state index in [-0.39, 0.29) is 26.3 Å². The highest BCUT2D eigenvalue weighted by Crippen LogP contribution is 2.06. The van der Waals surface area contributed by atoms with Crippen molar-refractivity contribution in [1.29, 1.82) is 0 Å². The highest BCUT2D eigenvalue weighted by molar-refractivity contribution is 5.80. The van der Waals surface area contributed by atoms with Crippen molar-refractivity contribution >= 4 is 18.0 Å². The molecule has 0 aliphatic carbocycles. The molecule has 0 atom stereocenters. The molecule has 0 aromatic heterocycles. The van der Waals surface area contributed by atoms with Gasteiger partial charge in [0.15, 0.2) is 6.61 Å². The molecule has 0 aliphatic rings. The molecular weight excluding hydrogens is 302 g/mol. The van der Waals surface area contributed by atoms with E-state index in [1.54, 1.807) is 13.8 Å². The summed E-state index contributed by atoms with van der Waals surface area (Å²) in [6.07, 6.45) is -0.782. The summed E-state index contributed by atoms with van der Waals surface area (Å²) in [6, 6.07) is 9.12. The molecule has 1 amide bonds. The average Bonchev–Trinajstić information content (AvgIpc) is 2.53. The van der Waals surface area contributed by atoms with E-state index < -0.39 is 24.6 Å². The van der Waals surface area contributed by atoms with E-state index in [1.165, 1.54) is 4.90 Å². The van der Waals surface area contributed by atoms with Gasteiger partial charge in [0.1, 0.15) is 6.54 Å². The maximum Gasteiger partial charge on any atom is 0.411 e. The quantitative estimate of drug-likeness (QED) is 0.535. The van der Waals surface area contributed by atoms with Gasteiger partial charge in [0.2, 0.25) is 0 Å². The molecule has 0 unspecified atom stereocenters. The van der Waals surface area contributed by atoms with Gasteiger partial charge in [-0.2, -0.15) is 0 Å². The number of rotatable bonds is 8. The number of hydrogen-bond acceptors (Lipinski definition) is 6. The summed E-state index contributed by atoms with van der Waals surface area (Å²) in [4.78, 5) is 36.1. The van der Waals surface area contributed by atoms with Crippen molar-refractivity contribution in [3.8, 4) is 0 Å². The number of carbonyl (C=O) groups is 3. The summed E-state index contributed by atoms with van der Waals surface area (Å²) in [5.41, 5.74) is 0.824. The summed E-state index contributed by atoms with van der Waals surface area (Å²) >= 11 is 0. The van der Waals surface area contributed by atoms with Crippen LogP contribution in [0.4, 0.5) is 4.79 Å². The molecule has 1 aromatic carbocycles. The third-order valence-corrected chi connectivity index (χ3v) is 2.72. The van der Waals surface area contributed by atoms with Crippen LogP contribution in [0.2, 0.25) is 0 Å². The smallest absolute Gasteiger partial charge is 0.411 e. The Kier molecular flexibility index (Phi) is 8.20. The molecule has 1 rings (SSSR count). The fourth-order valence-electron chi connectivity index (χ4n) is 1.77. The molecule has 0 bridgehead atoms. The minimum Gasteiger partial charge on any atom is -0.465 e. The van der Waals surface area contributed by atoms with E-state index in [2.05, 4.69) is 4.74 Å². The summed E-state index contributed by atoms with van der Waals surface area (Å²) in [5, 5.41) is 0. The van der Waals surface area contributed by atoms with Crippen molar-refractivity contribution in [2.24, 2.45) is 0 Å². The Morgan fingerprint density at radius 1 is 0.913 bits per heavy atom. The van der Waals surface area contributed by atoms with Crippen molar-refractivity contribution in [3.05, 3.63) is 35.9 Å². The van der Waals surface area contributed by atoms with Crippen molar-refractivity contribution in [2.45, 2.75) is 20.4 Å². The molecule has 23 heavy (non-hydrogen) atoms. The largest absolute Gasteiger partial charge is 0.465 e. The molecule has 0 fully saturated rings. The van der Waals surface area contributed by atoms with Crippen LogP contribution < -0.4 is 0 Å². The van der Waals surface area contributed by atoms with Crippen molar-refractivity contribution in [2.75, 3.05) is 26.4 Å². The zero-order valence-corrected chi connectivity index (χ0v) is 13.3. The number of amides is 1. The minimum atomic E-state index is -0.782. The second-order valence-electron chi connectivity index (χ2n) is 4.51. The van der Waals surface area contributed by atoms with Gasteiger partial charge >= 0.3 is 18.0 Å². The van der Waals surface area contributed by atoms with Crippen LogP contribution in [0.1, 0.15) is 19.4 Å². The first-order valence-electron chi connectivity index (χ1n) is 7.33. The van der Waals surface area contributed by atoms with Crippen LogP contribution in [-0.4, -0.2) is 49.3 Å². The lowest BCUT2D eigenvalue weighted by atomic mass is 10.2. The third kappa shape index (κ3) is 7.30. The van der Waals surface area contributed by atoms with Crippen molar-refractivity contribution < 1.29 is 28.6 Å². The summed E-state index contributed by atoms with van der Waals surface area (Å²) in [6.45, 7) is 3.16. The predicted molar refractivity (Wildman–Crippen MR) is 81.5 cm³/mol. The molecule has 0 heterocycles. The number of nitrogens with zero attached hydrogens (tertiary/aromatic N) is 1. The molecule has 126 valence electrons. The Morgan fingerprint density at radius 2 is 1.52 bits per heavy atom. The van der Waals surface area contributed by atoms with E-state index in [0.29, 0.717) is 0 Å². The molecule has 0 radical (unpaired) electrons. The van der Waals surface area contributed by atoms with Gasteiger partial charge in [-0.15, -0.1) is 0 Å². The average molecular weight is 323 g/mol. The van der Waals surface area contributed by atoms with Crippen LogP contribution in [0.15, 0.2) is 30.3 Å². The van der Waals surface area contributed by atoms with Crippen LogP contribution in [0, 0.1) is 0 Å². The Balaban J connectivity index is 2.67. The number of benzene rings is 1. The standard InChI is InChI=1S/C16H21NO6/c1-3-21-14(18)11-17(10-13-8-6-5-7-9-13)16(20)23-12-15(19)22-4-2/h5-9H,3-4,10-12H2,1-2H3. The molecule has 0 saturated carbocycles. The fraction of sp³-hybridized carbons (Fsp3) is 0.438. The van der Waals surface area contributed by atoms with Gasteiger partial charge in [-0.25, -0.2) is 9.59 Å². The molecule has 7 nitrogen and oxygen atoms in total. The molecule has 7 heteroatoms. The Bertz CT molecular complexity index is 517. The van der Waals surface area contributed by atoms with Gasteiger partial charge in [-0.1, -0.05) is 30.3 Å². The monoisotopic (exact) mass is 323 g/mol. The van der Waals surface area contributed by atoms with Crippen LogP contribution >= 0.6 is 0 Å². The zero-order valence-electron chi connectivity index (χ0n) is 13.3. The molecule has 0 spiro atoms. The predicted octanol–water partition coefficient (Wildman–Crippen LogP) is 1.75. The van der Waals surface area contributed by atoms with Crippen LogP contribution in [0.5, 0.6) is 0 Å². The minimum absolute atomic E-state index is 0.168. The zero-order chi connectivity index (χ0) is 17.1. The molecule has 1 aromatic rings. The van der Waals surface area contributed by atoms with Crippen LogP contribution in [-0.2, 0) is 30.3 Å². The number of carbonyl (C=O) groups excluding carboxylic acids is 3. The SMILES string of the molecule is CCOC(=O)COC(=O)N(CC(=O)OCC)Cc1ccccc1. The maximum absolute atomic E-state index is 12.1. The van der Waals surface area contributed by atoms with E-state index in [1.807, 2.05) is 30.3 Å². The fourth-order valence-corrected chi connectivity index (χ4v) is 1.77. The first-order chi connectivity index (χ1) is 11.1. The van der Waals surface area contributed by atoms with Gasteiger partial charge in [0, 0.05) is 6.54 Å². The van der Waals surface area contributed by atoms with Gasteiger partial charge in [-0.3, -0.25) is 9.69 Å². The third-order valence-electron chi connectivity index (χ3n) is 2.72. The number of hydrogen-bond donors (Lipinski definition) is 0. The van der Waals surface area contributed by atoms with Gasteiger partial charge in [0.25, 0.3) is 0 Å². The second-order valence-corrected chi connectivity index (χ2v) is 4.51. The highest BCUT2D eigenvalue weighted by atomic mass is 16.6. The number of esters is 2. The summed E-state index contributed by atoms with van der Waals surface area (Å²) < 4.78 is 14.4. The van der Waals surface area contributed by atoms with Crippen molar-refractivity contribution in [3.63, 3.8) is 0 Å². The Hall–Kier alpha value is -2.57. The first kappa shape index (κ1) is 18.5. The van der Waals surface area contributed by atoms with E-state index in [4.69, 9.17) is 9.47 Å². The Labute approximate surface area is 135 Å². The van der Waals surface area contributed by atoms with Crippen LogP contribution in [0.3, 0.4) is 0 Å². The summed E-state index contributed by atoms with van der Waals surface area (Å²) in [5.74, 6) is -1.19. The molecule has 0 N–H and O–H groups in total. The molecule has 0 saturated heterocycles. The van der Waals surface area contributed by atoms with Gasteiger partial charge in [-0.05, 0) is 19.4 Å².